The first-order chi connectivity index (χ1) is 13.1. The predicted octanol–water partition coefficient (Wildman–Crippen LogP) is 1.62. The van der Waals surface area contributed by atoms with Gasteiger partial charge in [0.1, 0.15) is 18.0 Å². The molecule has 0 spiro atoms. The molecule has 3 rings (SSSR count). The minimum Gasteiger partial charge on any atom is -0.368 e. The molecule has 142 valence electrons. The van der Waals surface area contributed by atoms with E-state index in [1.165, 1.54) is 18.5 Å². The standard InChI is InChI=1S/C18H23FN8/c1-20-18(26(2)11-13-4-6-14(19)7-5-13)22-9-8-21-16-15-10-25-27(3)17(15)24-12-23-16/h4-7,10,12H,8-9,11H2,1-3H3,(H,20,22)(H,21,23,24). The van der Waals surface area contributed by atoms with E-state index < -0.39 is 0 Å². The highest BCUT2D eigenvalue weighted by atomic mass is 19.1. The number of fused-ring (bicyclic) bond motifs is 1. The Morgan fingerprint density at radius 2 is 2.00 bits per heavy atom. The molecule has 0 saturated carbocycles. The molecule has 0 aliphatic heterocycles. The van der Waals surface area contributed by atoms with Crippen molar-refractivity contribution < 1.29 is 4.39 Å². The third-order valence-corrected chi connectivity index (χ3v) is 4.14. The van der Waals surface area contributed by atoms with Gasteiger partial charge in [0.2, 0.25) is 0 Å². The average molecular weight is 370 g/mol. The molecule has 0 amide bonds. The second-order valence-corrected chi connectivity index (χ2v) is 6.11. The number of rotatable bonds is 6. The van der Waals surface area contributed by atoms with Crippen molar-refractivity contribution in [3.05, 3.63) is 48.2 Å². The zero-order valence-corrected chi connectivity index (χ0v) is 15.6. The molecule has 9 heteroatoms. The predicted molar refractivity (Wildman–Crippen MR) is 104 cm³/mol. The van der Waals surface area contributed by atoms with E-state index in [0.29, 0.717) is 19.6 Å². The molecule has 0 radical (unpaired) electrons. The number of hydrogen-bond acceptors (Lipinski definition) is 5. The van der Waals surface area contributed by atoms with Gasteiger partial charge in [0, 0.05) is 40.8 Å². The van der Waals surface area contributed by atoms with Gasteiger partial charge >= 0.3 is 0 Å². The molecule has 2 N–H and O–H groups in total. The lowest BCUT2D eigenvalue weighted by molar-refractivity contribution is 0.477. The van der Waals surface area contributed by atoms with Gasteiger partial charge in [-0.25, -0.2) is 14.4 Å². The first kappa shape index (κ1) is 18.6. The van der Waals surface area contributed by atoms with Crippen LogP contribution in [-0.2, 0) is 13.6 Å². The van der Waals surface area contributed by atoms with Gasteiger partial charge in [-0.2, -0.15) is 5.10 Å². The molecule has 0 bridgehead atoms. The molecule has 0 aliphatic carbocycles. The van der Waals surface area contributed by atoms with Gasteiger partial charge in [-0.1, -0.05) is 12.1 Å². The minimum atomic E-state index is -0.234. The summed E-state index contributed by atoms with van der Waals surface area (Å²) in [5.74, 6) is 1.28. The zero-order chi connectivity index (χ0) is 19.2. The van der Waals surface area contributed by atoms with Crippen molar-refractivity contribution in [3.63, 3.8) is 0 Å². The third kappa shape index (κ3) is 4.49. The van der Waals surface area contributed by atoms with Gasteiger partial charge in [-0.15, -0.1) is 0 Å². The van der Waals surface area contributed by atoms with E-state index in [-0.39, 0.29) is 5.82 Å². The van der Waals surface area contributed by atoms with Crippen LogP contribution < -0.4 is 10.6 Å². The second-order valence-electron chi connectivity index (χ2n) is 6.11. The van der Waals surface area contributed by atoms with Crippen LogP contribution in [0.1, 0.15) is 5.56 Å². The van der Waals surface area contributed by atoms with Crippen LogP contribution in [0.5, 0.6) is 0 Å². The molecule has 0 saturated heterocycles. The van der Waals surface area contributed by atoms with E-state index in [4.69, 9.17) is 0 Å². The summed E-state index contributed by atoms with van der Waals surface area (Å²) in [6, 6.07) is 6.47. The molecule has 0 atom stereocenters. The number of aryl methyl sites for hydroxylation is 1. The second kappa shape index (κ2) is 8.43. The lowest BCUT2D eigenvalue weighted by Crippen LogP contribution is -2.40. The Hall–Kier alpha value is -3.23. The number of benzene rings is 1. The maximum atomic E-state index is 13.0. The number of aromatic nitrogens is 4. The highest BCUT2D eigenvalue weighted by Gasteiger charge is 2.08. The summed E-state index contributed by atoms with van der Waals surface area (Å²) in [6.45, 7) is 1.95. The normalized spacial score (nSPS) is 11.6. The molecular weight excluding hydrogens is 347 g/mol. The number of hydrogen-bond donors (Lipinski definition) is 2. The van der Waals surface area contributed by atoms with Gasteiger partial charge in [0.05, 0.1) is 11.6 Å². The monoisotopic (exact) mass is 370 g/mol. The number of anilines is 1. The van der Waals surface area contributed by atoms with Crippen LogP contribution in [0.3, 0.4) is 0 Å². The molecule has 2 aromatic heterocycles. The maximum absolute atomic E-state index is 13.0. The summed E-state index contributed by atoms with van der Waals surface area (Å²) in [5.41, 5.74) is 1.80. The zero-order valence-electron chi connectivity index (χ0n) is 15.6. The fourth-order valence-corrected chi connectivity index (χ4v) is 2.78. The van der Waals surface area contributed by atoms with Crippen LogP contribution in [-0.4, -0.2) is 57.8 Å². The Kier molecular flexibility index (Phi) is 5.80. The summed E-state index contributed by atoms with van der Waals surface area (Å²) < 4.78 is 14.7. The molecule has 1 aromatic carbocycles. The molecule has 27 heavy (non-hydrogen) atoms. The van der Waals surface area contributed by atoms with Crippen molar-refractivity contribution in [2.24, 2.45) is 12.0 Å². The Labute approximate surface area is 157 Å². The Morgan fingerprint density at radius 1 is 1.22 bits per heavy atom. The van der Waals surface area contributed by atoms with E-state index in [9.17, 15) is 4.39 Å². The molecule has 2 heterocycles. The number of aliphatic imine (C=N–C) groups is 1. The van der Waals surface area contributed by atoms with E-state index in [1.807, 2.05) is 19.0 Å². The van der Waals surface area contributed by atoms with E-state index in [2.05, 4.69) is 30.7 Å². The molecular formula is C18H23FN8. The topological polar surface area (TPSA) is 83.3 Å². The third-order valence-electron chi connectivity index (χ3n) is 4.14. The highest BCUT2D eigenvalue weighted by molar-refractivity contribution is 5.86. The Bertz CT molecular complexity index is 919. The average Bonchev–Trinajstić information content (AvgIpc) is 3.05. The fourth-order valence-electron chi connectivity index (χ4n) is 2.78. The van der Waals surface area contributed by atoms with Crippen molar-refractivity contribution in [2.75, 3.05) is 32.5 Å². The number of nitrogens with zero attached hydrogens (tertiary/aromatic N) is 6. The van der Waals surface area contributed by atoms with Crippen molar-refractivity contribution in [1.82, 2.24) is 30.0 Å². The molecule has 0 aliphatic rings. The summed E-state index contributed by atoms with van der Waals surface area (Å²) in [4.78, 5) is 14.8. The van der Waals surface area contributed by atoms with Crippen molar-refractivity contribution in [1.29, 1.82) is 0 Å². The largest absolute Gasteiger partial charge is 0.368 e. The summed E-state index contributed by atoms with van der Waals surface area (Å²) in [5, 5.41) is 11.7. The number of halogens is 1. The van der Waals surface area contributed by atoms with E-state index in [0.717, 1.165) is 28.4 Å². The number of guanidine groups is 1. The van der Waals surface area contributed by atoms with Crippen LogP contribution in [0, 0.1) is 5.82 Å². The van der Waals surface area contributed by atoms with Crippen molar-refractivity contribution >= 4 is 22.8 Å². The van der Waals surface area contributed by atoms with Crippen molar-refractivity contribution in [3.8, 4) is 0 Å². The van der Waals surface area contributed by atoms with Crippen LogP contribution in [0.2, 0.25) is 0 Å². The van der Waals surface area contributed by atoms with Gasteiger partial charge in [0.25, 0.3) is 0 Å². The smallest absolute Gasteiger partial charge is 0.193 e. The highest BCUT2D eigenvalue weighted by Crippen LogP contribution is 2.17. The maximum Gasteiger partial charge on any atom is 0.193 e. The van der Waals surface area contributed by atoms with Gasteiger partial charge in [0.15, 0.2) is 11.6 Å². The van der Waals surface area contributed by atoms with Gasteiger partial charge < -0.3 is 15.5 Å². The molecule has 0 unspecified atom stereocenters. The van der Waals surface area contributed by atoms with Crippen molar-refractivity contribution in [2.45, 2.75) is 6.54 Å². The Balaban J connectivity index is 1.51. The fraction of sp³-hybridized carbons (Fsp3) is 0.333. The minimum absolute atomic E-state index is 0.234. The van der Waals surface area contributed by atoms with Crippen LogP contribution in [0.15, 0.2) is 41.8 Å². The van der Waals surface area contributed by atoms with E-state index in [1.54, 1.807) is 30.1 Å². The molecule has 0 fully saturated rings. The quantitative estimate of drug-likeness (QED) is 0.390. The first-order valence-corrected chi connectivity index (χ1v) is 8.61. The van der Waals surface area contributed by atoms with E-state index >= 15 is 0 Å². The number of nitrogens with one attached hydrogen (secondary N) is 2. The first-order valence-electron chi connectivity index (χ1n) is 8.61. The summed E-state index contributed by atoms with van der Waals surface area (Å²) in [7, 11) is 5.53. The SMILES string of the molecule is CN=C(NCCNc1ncnc2c1cnn2C)N(C)Cc1ccc(F)cc1. The molecule has 8 nitrogen and oxygen atoms in total. The van der Waals surface area contributed by atoms with Gasteiger partial charge in [-0.05, 0) is 17.7 Å². The summed E-state index contributed by atoms with van der Waals surface area (Å²) >= 11 is 0. The summed E-state index contributed by atoms with van der Waals surface area (Å²) in [6.07, 6.45) is 3.27. The Morgan fingerprint density at radius 3 is 2.74 bits per heavy atom. The van der Waals surface area contributed by atoms with Crippen LogP contribution in [0.25, 0.3) is 11.0 Å². The van der Waals surface area contributed by atoms with Gasteiger partial charge in [-0.3, -0.25) is 9.67 Å². The van der Waals surface area contributed by atoms with Crippen LogP contribution in [0.4, 0.5) is 10.2 Å². The molecule has 3 aromatic rings. The lowest BCUT2D eigenvalue weighted by Gasteiger charge is -2.22. The van der Waals surface area contributed by atoms with Crippen LogP contribution >= 0.6 is 0 Å². The lowest BCUT2D eigenvalue weighted by atomic mass is 10.2.